The Morgan fingerprint density at radius 3 is 2.54 bits per heavy atom. The summed E-state index contributed by atoms with van der Waals surface area (Å²) in [5, 5.41) is 5.12. The van der Waals surface area contributed by atoms with Gasteiger partial charge in [0.25, 0.3) is 5.92 Å². The number of alkyl halides is 2. The molecule has 1 unspecified atom stereocenters. The number of piperidine rings is 1. The average molecular weight is 396 g/mol. The summed E-state index contributed by atoms with van der Waals surface area (Å²) in [6.45, 7) is 5.50. The number of nitrogens with one attached hydrogen (secondary N) is 2. The second-order valence-electron chi connectivity index (χ2n) is 7.62. The van der Waals surface area contributed by atoms with Gasteiger partial charge in [0, 0.05) is 25.3 Å². The third-order valence-corrected chi connectivity index (χ3v) is 4.32. The lowest BCUT2D eigenvalue weighted by Gasteiger charge is -2.37. The summed E-state index contributed by atoms with van der Waals surface area (Å²) in [6, 6.07) is -1.84. The molecule has 0 aromatic carbocycles. The zero-order valence-corrected chi connectivity index (χ0v) is 15.9. The van der Waals surface area contributed by atoms with Crippen molar-refractivity contribution in [3.8, 4) is 0 Å². The van der Waals surface area contributed by atoms with Crippen LogP contribution in [0.4, 0.5) is 18.0 Å². The lowest BCUT2D eigenvalue weighted by Crippen LogP contribution is -2.54. The number of carbonyl (C=O) groups excluding carboxylic acids is 1. The maximum atomic E-state index is 14.4. The van der Waals surface area contributed by atoms with Gasteiger partial charge in [-0.2, -0.15) is 0 Å². The fourth-order valence-electron chi connectivity index (χ4n) is 2.92. The van der Waals surface area contributed by atoms with Crippen LogP contribution in [0.25, 0.3) is 0 Å². The Hall–Kier alpha value is -1.41. The van der Waals surface area contributed by atoms with E-state index in [1.54, 1.807) is 25.7 Å². The highest BCUT2D eigenvalue weighted by Crippen LogP contribution is 2.30. The number of alkyl carbamates (subject to hydrolysis) is 1. The van der Waals surface area contributed by atoms with Gasteiger partial charge >= 0.3 is 6.09 Å². The summed E-state index contributed by atoms with van der Waals surface area (Å²) in [5.74, 6) is -4.27. The Balaban J connectivity index is 1.81. The molecule has 0 bridgehead atoms. The predicted molar refractivity (Wildman–Crippen MR) is 93.8 cm³/mol. The molecule has 1 fully saturated rings. The lowest BCUT2D eigenvalue weighted by molar-refractivity contribution is -0.0603. The fourth-order valence-corrected chi connectivity index (χ4v) is 3.09. The fraction of sp³-hybridized carbons (Fsp3) is 0.706. The predicted octanol–water partition coefficient (Wildman–Crippen LogP) is 3.52. The third-order valence-electron chi connectivity index (χ3n) is 4.10. The van der Waals surface area contributed by atoms with Gasteiger partial charge in [-0.15, -0.1) is 0 Å². The highest BCUT2D eigenvalue weighted by molar-refractivity contribution is 6.31. The van der Waals surface area contributed by atoms with Crippen molar-refractivity contribution >= 4 is 17.7 Å². The van der Waals surface area contributed by atoms with Crippen molar-refractivity contribution < 1.29 is 22.7 Å². The molecule has 0 aromatic rings. The van der Waals surface area contributed by atoms with E-state index in [9.17, 15) is 18.0 Å². The van der Waals surface area contributed by atoms with Crippen molar-refractivity contribution in [3.63, 3.8) is 0 Å². The number of dihydropyridines is 1. The van der Waals surface area contributed by atoms with Gasteiger partial charge in [0.2, 0.25) is 0 Å². The summed E-state index contributed by atoms with van der Waals surface area (Å²) in [7, 11) is 0. The molecule has 26 heavy (non-hydrogen) atoms. The van der Waals surface area contributed by atoms with E-state index in [0.717, 1.165) is 6.08 Å². The number of ether oxygens (including phenoxy) is 1. The second kappa shape index (κ2) is 8.08. The first-order valence-electron chi connectivity index (χ1n) is 8.55. The van der Waals surface area contributed by atoms with Gasteiger partial charge < -0.3 is 15.4 Å². The van der Waals surface area contributed by atoms with Gasteiger partial charge in [-0.1, -0.05) is 11.6 Å². The Bertz CT molecular complexity index is 582. The van der Waals surface area contributed by atoms with E-state index in [0.29, 0.717) is 25.9 Å². The van der Waals surface area contributed by atoms with E-state index in [1.165, 1.54) is 6.20 Å². The van der Waals surface area contributed by atoms with Crippen molar-refractivity contribution in [2.45, 2.75) is 57.2 Å². The molecule has 2 aliphatic rings. The lowest BCUT2D eigenvalue weighted by atomic mass is 10.0. The number of likely N-dealkylation sites (tertiary alicyclic amines) is 1. The number of amides is 1. The number of rotatable bonds is 4. The summed E-state index contributed by atoms with van der Waals surface area (Å²) >= 11 is 5.60. The summed E-state index contributed by atoms with van der Waals surface area (Å²) in [4.78, 5) is 13.3. The van der Waals surface area contributed by atoms with Crippen molar-refractivity contribution in [3.05, 3.63) is 23.1 Å². The van der Waals surface area contributed by atoms with Crippen LogP contribution in [-0.2, 0) is 4.74 Å². The van der Waals surface area contributed by atoms with E-state index in [4.69, 9.17) is 16.3 Å². The van der Waals surface area contributed by atoms with Crippen molar-refractivity contribution in [1.29, 1.82) is 0 Å². The van der Waals surface area contributed by atoms with Gasteiger partial charge in [-0.05, 0) is 39.7 Å². The minimum Gasteiger partial charge on any atom is -0.444 e. The maximum Gasteiger partial charge on any atom is 0.407 e. The Labute approximate surface area is 156 Å². The number of hydrogen-bond acceptors (Lipinski definition) is 4. The van der Waals surface area contributed by atoms with Crippen LogP contribution < -0.4 is 10.6 Å². The molecule has 2 rings (SSSR count). The average Bonchev–Trinajstić information content (AvgIpc) is 2.46. The van der Waals surface area contributed by atoms with E-state index in [-0.39, 0.29) is 11.1 Å². The second-order valence-corrected chi connectivity index (χ2v) is 8.05. The first-order valence-corrected chi connectivity index (χ1v) is 8.92. The molecule has 1 saturated heterocycles. The number of carbonyl (C=O) groups is 1. The first kappa shape index (κ1) is 20.9. The van der Waals surface area contributed by atoms with Crippen LogP contribution in [0, 0.1) is 0 Å². The molecule has 5 nitrogen and oxygen atoms in total. The molecular formula is C17H25ClF3N3O2. The van der Waals surface area contributed by atoms with Gasteiger partial charge in [0.1, 0.15) is 17.5 Å². The molecule has 2 aliphatic heterocycles. The number of halogens is 4. The third kappa shape index (κ3) is 6.09. The monoisotopic (exact) mass is 395 g/mol. The first-order chi connectivity index (χ1) is 12.0. The Morgan fingerprint density at radius 1 is 1.38 bits per heavy atom. The molecule has 1 amide bonds. The minimum atomic E-state index is -3.29. The molecule has 0 aromatic heterocycles. The SMILES string of the molecule is CC(C)(C)OC(=O)NC1CCN(CC(F)(F)C2NC=C(Cl)C=C2F)CC1. The normalized spacial score (nSPS) is 23.0. The molecule has 0 spiro atoms. The summed E-state index contributed by atoms with van der Waals surface area (Å²) in [6.07, 6.45) is 2.60. The van der Waals surface area contributed by atoms with Crippen molar-refractivity contribution in [2.75, 3.05) is 19.6 Å². The molecule has 2 heterocycles. The van der Waals surface area contributed by atoms with Crippen LogP contribution in [0.2, 0.25) is 0 Å². The zero-order chi connectivity index (χ0) is 19.5. The van der Waals surface area contributed by atoms with Crippen molar-refractivity contribution in [1.82, 2.24) is 15.5 Å². The number of allylic oxidation sites excluding steroid dienone is 2. The van der Waals surface area contributed by atoms with E-state index >= 15 is 0 Å². The molecule has 2 N–H and O–H groups in total. The van der Waals surface area contributed by atoms with Crippen LogP contribution in [0.1, 0.15) is 33.6 Å². The Kier molecular flexibility index (Phi) is 6.50. The van der Waals surface area contributed by atoms with Gasteiger partial charge in [0.15, 0.2) is 0 Å². The standard InChI is InChI=1S/C17H25ClF3N3O2/c1-16(2,3)26-15(25)23-12-4-6-24(7-5-12)10-17(20,21)14-13(19)8-11(18)9-22-14/h8-9,12,14,22H,4-7,10H2,1-3H3,(H,23,25). The van der Waals surface area contributed by atoms with Gasteiger partial charge in [-0.3, -0.25) is 4.90 Å². The molecule has 0 radical (unpaired) electrons. The smallest absolute Gasteiger partial charge is 0.407 e. The number of hydrogen-bond donors (Lipinski definition) is 2. The molecular weight excluding hydrogens is 371 g/mol. The van der Waals surface area contributed by atoms with Crippen LogP contribution in [0.5, 0.6) is 0 Å². The zero-order valence-electron chi connectivity index (χ0n) is 15.1. The molecule has 0 aliphatic carbocycles. The van der Waals surface area contributed by atoms with Crippen LogP contribution in [0.15, 0.2) is 23.1 Å². The van der Waals surface area contributed by atoms with Crippen molar-refractivity contribution in [2.24, 2.45) is 0 Å². The van der Waals surface area contributed by atoms with E-state index in [1.807, 2.05) is 0 Å². The quantitative estimate of drug-likeness (QED) is 0.764. The molecule has 1 atom stereocenters. The summed E-state index contributed by atoms with van der Waals surface area (Å²) < 4.78 is 47.8. The highest BCUT2D eigenvalue weighted by Gasteiger charge is 2.45. The van der Waals surface area contributed by atoms with Crippen LogP contribution in [0.3, 0.4) is 0 Å². The molecule has 0 saturated carbocycles. The number of nitrogens with zero attached hydrogens (tertiary/aromatic N) is 1. The van der Waals surface area contributed by atoms with E-state index in [2.05, 4.69) is 10.6 Å². The molecule has 148 valence electrons. The van der Waals surface area contributed by atoms with Crippen LogP contribution in [-0.4, -0.2) is 54.2 Å². The Morgan fingerprint density at radius 2 is 2.00 bits per heavy atom. The van der Waals surface area contributed by atoms with Gasteiger partial charge in [0.05, 0.1) is 11.6 Å². The largest absolute Gasteiger partial charge is 0.444 e. The van der Waals surface area contributed by atoms with Gasteiger partial charge in [-0.25, -0.2) is 18.0 Å². The maximum absolute atomic E-state index is 14.4. The van der Waals surface area contributed by atoms with Crippen LogP contribution >= 0.6 is 11.6 Å². The summed E-state index contributed by atoms with van der Waals surface area (Å²) in [5.41, 5.74) is -0.589. The van der Waals surface area contributed by atoms with E-state index < -0.39 is 36.0 Å². The topological polar surface area (TPSA) is 53.6 Å². The highest BCUT2D eigenvalue weighted by atomic mass is 35.5. The molecule has 9 heteroatoms. The minimum absolute atomic E-state index is 0.0450.